The Morgan fingerprint density at radius 2 is 1.55 bits per heavy atom. The Balaban J connectivity index is 1.34. The van der Waals surface area contributed by atoms with Crippen LogP contribution in [0.5, 0.6) is 5.88 Å². The third-order valence-corrected chi connectivity index (χ3v) is 11.7. The lowest BCUT2D eigenvalue weighted by molar-refractivity contribution is 0.170. The first-order valence-electron chi connectivity index (χ1n) is 16.9. The molecule has 0 fully saturated rings. The number of aryl methyl sites for hydroxylation is 1. The van der Waals surface area contributed by atoms with Gasteiger partial charge in [-0.3, -0.25) is 0 Å². The number of urea groups is 1. The first-order valence-corrected chi connectivity index (χ1v) is 18.4. The van der Waals surface area contributed by atoms with Crippen LogP contribution in [0.1, 0.15) is 52.3 Å². The van der Waals surface area contributed by atoms with E-state index >= 15 is 4.21 Å². The molecule has 0 spiro atoms. The predicted molar refractivity (Wildman–Crippen MR) is 188 cm³/mol. The third kappa shape index (κ3) is 5.57. The Kier molecular flexibility index (Phi) is 7.98. The summed E-state index contributed by atoms with van der Waals surface area (Å²) in [5.41, 5.74) is 5.53. The van der Waals surface area contributed by atoms with Gasteiger partial charge in [0.15, 0.2) is 9.92 Å². The summed E-state index contributed by atoms with van der Waals surface area (Å²) < 4.78 is 46.7. The van der Waals surface area contributed by atoms with Gasteiger partial charge in [-0.05, 0) is 58.2 Å². The lowest BCUT2D eigenvalue weighted by Crippen LogP contribution is -2.38. The summed E-state index contributed by atoms with van der Waals surface area (Å²) in [5.74, 6) is 0.514. The number of nitrogens with one attached hydrogen (secondary N) is 2. The van der Waals surface area contributed by atoms with Crippen molar-refractivity contribution in [1.82, 2.24) is 14.5 Å². The second kappa shape index (κ2) is 12.5. The largest absolute Gasteiger partial charge is 0.477 e. The normalized spacial score (nSPS) is 19.1. The van der Waals surface area contributed by atoms with Crippen LogP contribution in [0.25, 0.3) is 0 Å². The molecule has 8 rings (SSSR count). The van der Waals surface area contributed by atoms with E-state index in [0.29, 0.717) is 31.1 Å². The Labute approximate surface area is 286 Å². The fourth-order valence-corrected chi connectivity index (χ4v) is 9.47. The monoisotopic (exact) mass is 675 g/mol. The van der Waals surface area contributed by atoms with Crippen molar-refractivity contribution in [3.05, 3.63) is 142 Å². The molecule has 4 aromatic carbocycles. The number of aromatic nitrogens is 2. The van der Waals surface area contributed by atoms with E-state index < -0.39 is 27.7 Å². The topological polar surface area (TPSA) is 97.6 Å². The zero-order valence-corrected chi connectivity index (χ0v) is 28.1. The van der Waals surface area contributed by atoms with Crippen LogP contribution in [0.2, 0.25) is 0 Å². The summed E-state index contributed by atoms with van der Waals surface area (Å²) in [5, 5.41) is 7.60. The van der Waals surface area contributed by atoms with Gasteiger partial charge in [0.2, 0.25) is 5.88 Å². The van der Waals surface area contributed by atoms with Crippen molar-refractivity contribution >= 4 is 21.6 Å². The number of carbonyl (C=O) groups excluding carboxylic acids is 1. The molecular weight excluding hydrogens is 638 g/mol. The van der Waals surface area contributed by atoms with Crippen LogP contribution < -0.4 is 14.8 Å². The van der Waals surface area contributed by atoms with Crippen LogP contribution in [0.15, 0.2) is 113 Å². The zero-order valence-electron chi connectivity index (χ0n) is 27.3. The smallest absolute Gasteiger partial charge is 0.331 e. The maximum atomic E-state index is 15.9. The summed E-state index contributed by atoms with van der Waals surface area (Å²) in [6.07, 6.45) is 3.70. The van der Waals surface area contributed by atoms with Crippen molar-refractivity contribution in [1.29, 1.82) is 0 Å². The Morgan fingerprint density at radius 1 is 0.918 bits per heavy atom. The number of hydrogen-bond acceptors (Lipinski definition) is 5. The van der Waals surface area contributed by atoms with E-state index in [-0.39, 0.29) is 17.2 Å². The molecule has 1 aliphatic heterocycles. The minimum atomic E-state index is -3.86. The molecule has 0 saturated carbocycles. The number of benzene rings is 4. The van der Waals surface area contributed by atoms with Crippen LogP contribution in [0, 0.1) is 5.92 Å². The van der Waals surface area contributed by atoms with E-state index in [1.807, 2.05) is 91.0 Å². The minimum Gasteiger partial charge on any atom is -0.477 e. The quantitative estimate of drug-likeness (QED) is 0.176. The van der Waals surface area contributed by atoms with Crippen LogP contribution >= 0.6 is 0 Å². The average Bonchev–Trinajstić information content (AvgIpc) is 3.86. The molecule has 8 nitrogen and oxygen atoms in total. The van der Waals surface area contributed by atoms with Crippen LogP contribution in [0.4, 0.5) is 14.9 Å². The van der Waals surface area contributed by atoms with E-state index in [1.54, 1.807) is 4.68 Å². The Hall–Kier alpha value is -4.96. The first kappa shape index (κ1) is 31.3. The zero-order chi connectivity index (χ0) is 33.6. The van der Waals surface area contributed by atoms with Gasteiger partial charge in [0.25, 0.3) is 0 Å². The van der Waals surface area contributed by atoms with E-state index in [0.717, 1.165) is 58.2 Å². The van der Waals surface area contributed by atoms with Gasteiger partial charge in [-0.1, -0.05) is 104 Å². The van der Waals surface area contributed by atoms with Gasteiger partial charge in [-0.15, -0.1) is 0 Å². The molecule has 0 radical (unpaired) electrons. The van der Waals surface area contributed by atoms with Gasteiger partial charge in [0.05, 0.1) is 19.3 Å². The number of anilines is 1. The van der Waals surface area contributed by atoms with Crippen LogP contribution in [0.3, 0.4) is 0 Å². The molecule has 2 N–H and O–H groups in total. The number of amides is 2. The van der Waals surface area contributed by atoms with Crippen molar-refractivity contribution in [3.63, 3.8) is 0 Å². The summed E-state index contributed by atoms with van der Waals surface area (Å²) >= 11 is 0. The molecule has 0 bridgehead atoms. The molecular formula is C39H38FN5O3S. The maximum absolute atomic E-state index is 15.9. The SMILES string of the molecule is C[C@H]1COc2c([S@@](=O)(=NC(c3ccccc3)(c3ccccc3)c3ccccc3)NC(=O)Nc3c4c(cc5c3C[C@@H](F)C5)CCC4)cnn2C1. The molecule has 3 aliphatic rings. The number of alkyl halides is 1. The lowest BCUT2D eigenvalue weighted by Gasteiger charge is -2.33. The van der Waals surface area contributed by atoms with Crippen molar-refractivity contribution in [2.24, 2.45) is 10.3 Å². The molecule has 0 saturated heterocycles. The molecule has 1 aromatic heterocycles. The summed E-state index contributed by atoms with van der Waals surface area (Å²) in [6, 6.07) is 30.5. The number of fused-ring (bicyclic) bond motifs is 3. The van der Waals surface area contributed by atoms with Crippen LogP contribution in [-0.2, 0) is 47.7 Å². The van der Waals surface area contributed by atoms with Crippen molar-refractivity contribution < 1.29 is 18.1 Å². The van der Waals surface area contributed by atoms with Gasteiger partial charge in [-0.25, -0.2) is 22.8 Å². The number of ether oxygens (including phenoxy) is 1. The number of nitrogens with zero attached hydrogens (tertiary/aromatic N) is 3. The standard InChI is InChI=1S/C39H38FN5O3S/c1-26-24-45-37(48-25-26)35(23-41-45)49(47,43-38(46)42-36-33-19-11-12-27(33)20-28-21-32(40)22-34(28)36)44-39(29-13-5-2-6-14-29,30-15-7-3-8-16-30)31-17-9-4-10-18-31/h2-10,13-18,20,23,26,32H,11-12,19,21-22,24-25H2,1H3,(H2,42,43,44,46,47)/t26-,32+,49+/m1/s1. The van der Waals surface area contributed by atoms with E-state index in [9.17, 15) is 9.18 Å². The van der Waals surface area contributed by atoms with Gasteiger partial charge >= 0.3 is 6.03 Å². The van der Waals surface area contributed by atoms with E-state index in [1.165, 1.54) is 6.20 Å². The molecule has 5 aromatic rings. The summed E-state index contributed by atoms with van der Waals surface area (Å²) in [7, 11) is -3.86. The minimum absolute atomic E-state index is 0.189. The lowest BCUT2D eigenvalue weighted by atomic mass is 9.78. The summed E-state index contributed by atoms with van der Waals surface area (Å²) in [6.45, 7) is 3.04. The molecule has 3 atom stereocenters. The second-order valence-electron chi connectivity index (χ2n) is 13.3. The highest BCUT2D eigenvalue weighted by molar-refractivity contribution is 7.92. The second-order valence-corrected chi connectivity index (χ2v) is 15.2. The molecule has 250 valence electrons. The Bertz CT molecular complexity index is 2050. The van der Waals surface area contributed by atoms with Crippen molar-refractivity contribution in [2.75, 3.05) is 11.9 Å². The fourth-order valence-electron chi connectivity index (χ4n) is 7.62. The van der Waals surface area contributed by atoms with Crippen molar-refractivity contribution in [3.8, 4) is 5.88 Å². The van der Waals surface area contributed by atoms with E-state index in [4.69, 9.17) is 9.10 Å². The molecule has 2 amide bonds. The predicted octanol–water partition coefficient (Wildman–Crippen LogP) is 7.39. The molecule has 2 aliphatic carbocycles. The maximum Gasteiger partial charge on any atom is 0.331 e. The molecule has 2 heterocycles. The average molecular weight is 676 g/mol. The van der Waals surface area contributed by atoms with Crippen LogP contribution in [-0.4, -0.2) is 32.8 Å². The first-order chi connectivity index (χ1) is 23.8. The highest BCUT2D eigenvalue weighted by atomic mass is 32.2. The number of hydrogen-bond donors (Lipinski definition) is 2. The molecule has 10 heteroatoms. The van der Waals surface area contributed by atoms with E-state index in [2.05, 4.69) is 28.1 Å². The fraction of sp³-hybridized carbons (Fsp3) is 0.282. The van der Waals surface area contributed by atoms with Gasteiger partial charge in [0, 0.05) is 24.4 Å². The molecule has 49 heavy (non-hydrogen) atoms. The number of rotatable bonds is 7. The van der Waals surface area contributed by atoms with Crippen molar-refractivity contribution in [2.45, 2.75) is 62.2 Å². The highest BCUT2D eigenvalue weighted by Crippen LogP contribution is 2.44. The van der Waals surface area contributed by atoms with Gasteiger partial charge < -0.3 is 10.1 Å². The molecule has 0 unspecified atom stereocenters. The number of halogens is 1. The van der Waals surface area contributed by atoms with Gasteiger partial charge in [-0.2, -0.15) is 9.46 Å². The Morgan fingerprint density at radius 3 is 2.18 bits per heavy atom. The van der Waals surface area contributed by atoms with Gasteiger partial charge in [0.1, 0.15) is 16.6 Å². The summed E-state index contributed by atoms with van der Waals surface area (Å²) in [4.78, 5) is 14.5. The third-order valence-electron chi connectivity index (χ3n) is 9.82. The highest BCUT2D eigenvalue weighted by Gasteiger charge is 2.41. The number of carbonyl (C=O) groups is 1.